The Hall–Kier alpha value is -1.68. The normalized spacial score (nSPS) is 11.6. The Morgan fingerprint density at radius 3 is 2.38 bits per heavy atom. The molecule has 0 aliphatic carbocycles. The van der Waals surface area contributed by atoms with E-state index in [0.717, 1.165) is 5.56 Å². The molecule has 0 saturated carbocycles. The van der Waals surface area contributed by atoms with Gasteiger partial charge in [0.15, 0.2) is 0 Å². The molecule has 0 aliphatic heterocycles. The molecule has 1 heterocycles. The predicted octanol–water partition coefficient (Wildman–Crippen LogP) is 4.93. The van der Waals surface area contributed by atoms with Crippen molar-refractivity contribution in [3.05, 3.63) is 46.1 Å². The number of hydrogen-bond acceptors (Lipinski definition) is 3. The van der Waals surface area contributed by atoms with Crippen LogP contribution in [0.15, 0.2) is 18.2 Å². The third kappa shape index (κ3) is 3.50. The van der Waals surface area contributed by atoms with Gasteiger partial charge in [-0.2, -0.15) is 0 Å². The SMILES string of the molecule is Cc1ccc(Nc2nc(C(C)(C)C)nc(Cl)c2C)c(F)c1. The number of hydrogen-bond donors (Lipinski definition) is 1. The van der Waals surface area contributed by atoms with Gasteiger partial charge in [-0.05, 0) is 31.5 Å². The van der Waals surface area contributed by atoms with Crippen LogP contribution in [-0.4, -0.2) is 9.97 Å². The first-order valence-corrected chi connectivity index (χ1v) is 7.14. The lowest BCUT2D eigenvalue weighted by molar-refractivity contribution is 0.545. The Bertz CT molecular complexity index is 678. The van der Waals surface area contributed by atoms with Crippen molar-refractivity contribution in [3.63, 3.8) is 0 Å². The topological polar surface area (TPSA) is 37.8 Å². The fourth-order valence-corrected chi connectivity index (χ4v) is 1.97. The van der Waals surface area contributed by atoms with Crippen molar-refractivity contribution in [2.24, 2.45) is 0 Å². The van der Waals surface area contributed by atoms with Gasteiger partial charge < -0.3 is 5.32 Å². The molecule has 0 bridgehead atoms. The third-order valence-corrected chi connectivity index (χ3v) is 3.50. The summed E-state index contributed by atoms with van der Waals surface area (Å²) in [6.07, 6.45) is 0. The molecule has 1 aromatic carbocycles. The zero-order chi connectivity index (χ0) is 15.8. The van der Waals surface area contributed by atoms with Crippen LogP contribution in [0.1, 0.15) is 37.7 Å². The van der Waals surface area contributed by atoms with Gasteiger partial charge in [0.25, 0.3) is 0 Å². The molecule has 21 heavy (non-hydrogen) atoms. The molecule has 5 heteroatoms. The lowest BCUT2D eigenvalue weighted by Gasteiger charge is -2.19. The molecule has 0 amide bonds. The second-order valence-electron chi connectivity index (χ2n) is 6.17. The van der Waals surface area contributed by atoms with Crippen LogP contribution in [0.2, 0.25) is 5.15 Å². The first-order valence-electron chi connectivity index (χ1n) is 6.76. The number of aryl methyl sites for hydroxylation is 1. The van der Waals surface area contributed by atoms with E-state index in [0.29, 0.717) is 28.0 Å². The largest absolute Gasteiger partial charge is 0.337 e. The molecule has 0 radical (unpaired) electrons. The molecular weight excluding hydrogens is 289 g/mol. The van der Waals surface area contributed by atoms with Crippen molar-refractivity contribution >= 4 is 23.1 Å². The number of anilines is 2. The molecule has 112 valence electrons. The summed E-state index contributed by atoms with van der Waals surface area (Å²) >= 11 is 6.17. The molecule has 2 aromatic rings. The first kappa shape index (κ1) is 15.7. The van der Waals surface area contributed by atoms with Gasteiger partial charge in [0, 0.05) is 11.0 Å². The summed E-state index contributed by atoms with van der Waals surface area (Å²) in [7, 11) is 0. The van der Waals surface area contributed by atoms with E-state index in [-0.39, 0.29) is 11.2 Å². The number of nitrogens with zero attached hydrogens (tertiary/aromatic N) is 2. The Balaban J connectivity index is 2.46. The highest BCUT2D eigenvalue weighted by Crippen LogP contribution is 2.28. The molecule has 0 saturated heterocycles. The fourth-order valence-electron chi connectivity index (χ4n) is 1.80. The maximum Gasteiger partial charge on any atom is 0.146 e. The summed E-state index contributed by atoms with van der Waals surface area (Å²) in [5.41, 5.74) is 1.70. The highest BCUT2D eigenvalue weighted by atomic mass is 35.5. The van der Waals surface area contributed by atoms with Gasteiger partial charge in [-0.15, -0.1) is 0 Å². The van der Waals surface area contributed by atoms with E-state index in [1.807, 2.05) is 40.7 Å². The quantitative estimate of drug-likeness (QED) is 0.800. The lowest BCUT2D eigenvalue weighted by Crippen LogP contribution is -2.17. The molecule has 0 spiro atoms. The molecule has 3 nitrogen and oxygen atoms in total. The van der Waals surface area contributed by atoms with Crippen LogP contribution in [0, 0.1) is 19.7 Å². The summed E-state index contributed by atoms with van der Waals surface area (Å²) < 4.78 is 14.0. The molecule has 0 unspecified atom stereocenters. The van der Waals surface area contributed by atoms with Gasteiger partial charge in [0.2, 0.25) is 0 Å². The smallest absolute Gasteiger partial charge is 0.146 e. The van der Waals surface area contributed by atoms with E-state index in [1.165, 1.54) is 6.07 Å². The Morgan fingerprint density at radius 1 is 1.14 bits per heavy atom. The zero-order valence-corrected chi connectivity index (χ0v) is 13.6. The maximum atomic E-state index is 14.0. The lowest BCUT2D eigenvalue weighted by atomic mass is 9.95. The number of aromatic nitrogens is 2. The fraction of sp³-hybridized carbons (Fsp3) is 0.375. The van der Waals surface area contributed by atoms with Gasteiger partial charge in [0.05, 0.1) is 5.69 Å². The van der Waals surface area contributed by atoms with E-state index in [4.69, 9.17) is 11.6 Å². The third-order valence-electron chi connectivity index (χ3n) is 3.13. The molecule has 0 fully saturated rings. The molecule has 0 aliphatic rings. The molecule has 1 N–H and O–H groups in total. The summed E-state index contributed by atoms with van der Waals surface area (Å²) in [6, 6.07) is 5.01. The van der Waals surface area contributed by atoms with E-state index in [1.54, 1.807) is 6.07 Å². The first-order chi connectivity index (χ1) is 9.68. The Morgan fingerprint density at radius 2 is 1.81 bits per heavy atom. The standard InChI is InChI=1S/C16H19ClFN3/c1-9-6-7-12(11(18)8-9)19-14-10(2)13(17)20-15(21-14)16(3,4)5/h6-8H,1-5H3,(H,19,20,21). The highest BCUT2D eigenvalue weighted by Gasteiger charge is 2.21. The van der Waals surface area contributed by atoms with E-state index in [2.05, 4.69) is 15.3 Å². The minimum Gasteiger partial charge on any atom is -0.337 e. The summed E-state index contributed by atoms with van der Waals surface area (Å²) in [5.74, 6) is 0.831. The van der Waals surface area contributed by atoms with Crippen LogP contribution in [0.3, 0.4) is 0 Å². The van der Waals surface area contributed by atoms with Crippen LogP contribution in [0.5, 0.6) is 0 Å². The highest BCUT2D eigenvalue weighted by molar-refractivity contribution is 6.30. The minimum absolute atomic E-state index is 0.237. The van der Waals surface area contributed by atoms with Gasteiger partial charge in [-0.3, -0.25) is 0 Å². The average Bonchev–Trinajstić information content (AvgIpc) is 2.36. The molecular formula is C16H19ClFN3. The minimum atomic E-state index is -0.318. The van der Waals surface area contributed by atoms with Crippen LogP contribution < -0.4 is 5.32 Å². The van der Waals surface area contributed by atoms with Gasteiger partial charge in [-0.25, -0.2) is 14.4 Å². The van der Waals surface area contributed by atoms with Crippen molar-refractivity contribution in [1.82, 2.24) is 9.97 Å². The van der Waals surface area contributed by atoms with Crippen molar-refractivity contribution in [3.8, 4) is 0 Å². The number of halogens is 2. The summed E-state index contributed by atoms with van der Waals surface area (Å²) in [4.78, 5) is 8.79. The molecule has 1 aromatic heterocycles. The monoisotopic (exact) mass is 307 g/mol. The van der Waals surface area contributed by atoms with E-state index in [9.17, 15) is 4.39 Å². The van der Waals surface area contributed by atoms with Crippen molar-refractivity contribution in [1.29, 1.82) is 0 Å². The second-order valence-corrected chi connectivity index (χ2v) is 6.53. The van der Waals surface area contributed by atoms with Crippen LogP contribution in [0.25, 0.3) is 0 Å². The Kier molecular flexibility index (Phi) is 4.19. The summed E-state index contributed by atoms with van der Waals surface area (Å²) in [6.45, 7) is 9.67. The number of nitrogens with one attached hydrogen (secondary N) is 1. The molecule has 2 rings (SSSR count). The number of rotatable bonds is 2. The number of benzene rings is 1. The van der Waals surface area contributed by atoms with Gasteiger partial charge in [0.1, 0.15) is 22.6 Å². The predicted molar refractivity (Wildman–Crippen MR) is 84.9 cm³/mol. The van der Waals surface area contributed by atoms with E-state index >= 15 is 0 Å². The Labute approximate surface area is 129 Å². The van der Waals surface area contributed by atoms with Gasteiger partial charge >= 0.3 is 0 Å². The zero-order valence-electron chi connectivity index (χ0n) is 12.9. The van der Waals surface area contributed by atoms with Crippen LogP contribution >= 0.6 is 11.6 Å². The maximum absolute atomic E-state index is 14.0. The van der Waals surface area contributed by atoms with Crippen molar-refractivity contribution in [2.75, 3.05) is 5.32 Å². The van der Waals surface area contributed by atoms with Crippen LogP contribution in [-0.2, 0) is 5.41 Å². The van der Waals surface area contributed by atoms with Crippen molar-refractivity contribution < 1.29 is 4.39 Å². The van der Waals surface area contributed by atoms with Crippen molar-refractivity contribution in [2.45, 2.75) is 40.0 Å². The van der Waals surface area contributed by atoms with Gasteiger partial charge in [-0.1, -0.05) is 38.4 Å². The average molecular weight is 308 g/mol. The van der Waals surface area contributed by atoms with Crippen LogP contribution in [0.4, 0.5) is 15.9 Å². The second kappa shape index (κ2) is 5.60. The molecule has 0 atom stereocenters. The van der Waals surface area contributed by atoms with E-state index < -0.39 is 0 Å². The summed E-state index contributed by atoms with van der Waals surface area (Å²) in [5, 5.41) is 3.39.